The Labute approximate surface area is 515 Å². The highest BCUT2D eigenvalue weighted by Gasteiger charge is 2.46. The zero-order valence-corrected chi connectivity index (χ0v) is 56.8. The Bertz CT molecular complexity index is 2350. The smallest absolute Gasteiger partial charge is 0.246 e. The molecular formula is C63H113N11O12. The van der Waals surface area contributed by atoms with E-state index < -0.39 is 156 Å². The van der Waals surface area contributed by atoms with Crippen molar-refractivity contribution >= 4 is 65.0 Å². The molecule has 0 saturated carbocycles. The summed E-state index contributed by atoms with van der Waals surface area (Å²) in [5.74, 6) is -9.63. The molecule has 13 atom stereocenters. The highest BCUT2D eigenvalue weighted by Crippen LogP contribution is 2.26. The van der Waals surface area contributed by atoms with E-state index in [0.29, 0.717) is 12.8 Å². The standard InChI is InChI=1S/C63H113N11O12/c1-25-28-29-41(15)53(76)52-57(80)66-44(27-3)59(82)68(18)34-49(75)69(19)46(33-40(14)26-2)56(79)67-50(38(10)11)62(85)70(20)45(30-35(4)5)55(78)64-42(16)54(77)65-43(17)58(81)71(21)47(31-36(6)7)60(83)72(22)48(32-37(8)9)61(84)73(23)51(39(12)13)63(86)74(52)24/h25,28,35-48,50-53,76H,26-27,29-34H2,1-24H3,(H,64,78)(H,65,77)(H,66,80)(H,67,79)/b28-25+/t40-,41+,42-,43-,44-,45-,46-,47-,48-,50-,51-,52?,53+/m0/s1. The lowest BCUT2D eigenvalue weighted by Gasteiger charge is -2.41. The summed E-state index contributed by atoms with van der Waals surface area (Å²) in [6.45, 7) is 29.5. The number of hydrogen-bond acceptors (Lipinski definition) is 12. The van der Waals surface area contributed by atoms with Crippen LogP contribution in [0.4, 0.5) is 0 Å². The van der Waals surface area contributed by atoms with Crippen molar-refractivity contribution in [1.82, 2.24) is 55.6 Å². The zero-order valence-electron chi connectivity index (χ0n) is 56.8. The number of carbonyl (C=O) groups is 11. The third-order valence-electron chi connectivity index (χ3n) is 16.7. The maximum absolute atomic E-state index is 15.1. The molecular weight excluding hydrogens is 1100 g/mol. The molecule has 0 spiro atoms. The van der Waals surface area contributed by atoms with Crippen LogP contribution in [0.15, 0.2) is 12.2 Å². The molecule has 0 aromatic rings. The summed E-state index contributed by atoms with van der Waals surface area (Å²) in [4.78, 5) is 169. The summed E-state index contributed by atoms with van der Waals surface area (Å²) < 4.78 is 0. The van der Waals surface area contributed by atoms with Crippen molar-refractivity contribution in [3.05, 3.63) is 12.2 Å². The molecule has 0 aliphatic carbocycles. The van der Waals surface area contributed by atoms with E-state index in [9.17, 15) is 48.3 Å². The minimum absolute atomic E-state index is 0.0235. The van der Waals surface area contributed by atoms with Gasteiger partial charge in [-0.05, 0) is 101 Å². The molecule has 1 heterocycles. The summed E-state index contributed by atoms with van der Waals surface area (Å²) in [6, 6.07) is -12.3. The number of amides is 11. The van der Waals surface area contributed by atoms with Crippen LogP contribution in [0.3, 0.4) is 0 Å². The van der Waals surface area contributed by atoms with Crippen molar-refractivity contribution in [2.24, 2.45) is 41.4 Å². The van der Waals surface area contributed by atoms with Crippen LogP contribution in [0.25, 0.3) is 0 Å². The van der Waals surface area contributed by atoms with Gasteiger partial charge in [0.05, 0.1) is 12.6 Å². The molecule has 11 amide bonds. The predicted octanol–water partition coefficient (Wildman–Crippen LogP) is 3.66. The molecule has 23 nitrogen and oxygen atoms in total. The number of nitrogens with zero attached hydrogens (tertiary/aromatic N) is 7. The van der Waals surface area contributed by atoms with Crippen molar-refractivity contribution in [3.8, 4) is 0 Å². The highest BCUT2D eigenvalue weighted by atomic mass is 16.3. The molecule has 86 heavy (non-hydrogen) atoms. The van der Waals surface area contributed by atoms with Crippen LogP contribution in [-0.4, -0.2) is 227 Å². The first-order valence-electron chi connectivity index (χ1n) is 31.1. The lowest BCUT2D eigenvalue weighted by molar-refractivity contribution is -0.157. The molecule has 23 heteroatoms. The molecule has 0 radical (unpaired) electrons. The fraction of sp³-hybridized carbons (Fsp3) is 0.794. The lowest BCUT2D eigenvalue weighted by atomic mass is 9.91. The first kappa shape index (κ1) is 77.9. The summed E-state index contributed by atoms with van der Waals surface area (Å²) in [5.41, 5.74) is 0. The van der Waals surface area contributed by atoms with Crippen LogP contribution in [0, 0.1) is 41.4 Å². The number of aliphatic hydroxyl groups excluding tert-OH is 1. The van der Waals surface area contributed by atoms with E-state index in [1.165, 1.54) is 87.7 Å². The van der Waals surface area contributed by atoms with Crippen molar-refractivity contribution in [3.63, 3.8) is 0 Å². The van der Waals surface area contributed by atoms with E-state index in [0.717, 1.165) is 9.80 Å². The van der Waals surface area contributed by atoms with E-state index in [2.05, 4.69) is 21.3 Å². The number of allylic oxidation sites excluding steroid dienone is 2. The molecule has 1 rings (SSSR count). The maximum Gasteiger partial charge on any atom is 0.246 e. The monoisotopic (exact) mass is 1220 g/mol. The number of hydrogen-bond donors (Lipinski definition) is 5. The van der Waals surface area contributed by atoms with Gasteiger partial charge in [0.2, 0.25) is 65.0 Å². The van der Waals surface area contributed by atoms with Gasteiger partial charge in [0, 0.05) is 49.3 Å². The normalized spacial score (nSPS) is 27.0. The summed E-state index contributed by atoms with van der Waals surface area (Å²) >= 11 is 0. The molecule has 0 aromatic carbocycles. The molecule has 1 fully saturated rings. The van der Waals surface area contributed by atoms with Gasteiger partial charge in [-0.25, -0.2) is 0 Å². The minimum Gasteiger partial charge on any atom is -0.390 e. The molecule has 492 valence electrons. The van der Waals surface area contributed by atoms with E-state index >= 15 is 9.59 Å². The Morgan fingerprint density at radius 3 is 1.38 bits per heavy atom. The van der Waals surface area contributed by atoms with Crippen LogP contribution in [0.2, 0.25) is 0 Å². The summed E-state index contributed by atoms with van der Waals surface area (Å²) in [5, 5.41) is 23.1. The van der Waals surface area contributed by atoms with Gasteiger partial charge in [0.25, 0.3) is 0 Å². The average Bonchev–Trinajstić information content (AvgIpc) is 1.66. The predicted molar refractivity (Wildman–Crippen MR) is 333 cm³/mol. The SMILES string of the molecule is C/C=C/C[C@@H](C)[C@@H](O)C1C(=O)N[C@@H](CC)C(=O)N(C)CC(=O)N(C)[C@@H](C[C@@H](C)CC)C(=O)N[C@@H](C(C)C)C(=O)N(C)[C@@H](CC(C)C)C(=O)N[C@@H](C)C(=O)N[C@@H](C)C(=O)N(C)[C@@H](CC(C)C)C(=O)N(C)[C@@H](CC(C)C)C(=O)N(C)[C@@H](C(C)C)C(=O)N1C. The van der Waals surface area contributed by atoms with Crippen LogP contribution >= 0.6 is 0 Å². The van der Waals surface area contributed by atoms with Gasteiger partial charge in [0.1, 0.15) is 60.4 Å². The number of likely N-dealkylation sites (N-methyl/N-ethyl adjacent to an activating group) is 7. The summed E-state index contributed by atoms with van der Waals surface area (Å²) in [7, 11) is 9.95. The second-order valence-electron chi connectivity index (χ2n) is 26.2. The van der Waals surface area contributed by atoms with Gasteiger partial charge < -0.3 is 60.7 Å². The lowest BCUT2D eigenvalue weighted by Crippen LogP contribution is -2.63. The largest absolute Gasteiger partial charge is 0.390 e. The van der Waals surface area contributed by atoms with Crippen molar-refractivity contribution in [2.45, 2.75) is 229 Å². The van der Waals surface area contributed by atoms with Crippen molar-refractivity contribution in [2.75, 3.05) is 55.9 Å². The number of rotatable bonds is 16. The summed E-state index contributed by atoms with van der Waals surface area (Å²) in [6.07, 6.45) is 3.71. The Morgan fingerprint density at radius 2 is 0.919 bits per heavy atom. The maximum atomic E-state index is 15.1. The second-order valence-corrected chi connectivity index (χ2v) is 26.2. The fourth-order valence-electron chi connectivity index (χ4n) is 10.8. The average molecular weight is 1220 g/mol. The Kier molecular flexibility index (Phi) is 32.3. The van der Waals surface area contributed by atoms with Gasteiger partial charge in [0.15, 0.2) is 0 Å². The molecule has 0 aromatic heterocycles. The Morgan fingerprint density at radius 1 is 0.477 bits per heavy atom. The number of carbonyl (C=O) groups excluding carboxylic acids is 11. The molecule has 1 saturated heterocycles. The van der Waals surface area contributed by atoms with Crippen LogP contribution in [-0.2, 0) is 52.7 Å². The molecule has 5 N–H and O–H groups in total. The Balaban J connectivity index is 4.34. The quantitative estimate of drug-likeness (QED) is 0.139. The van der Waals surface area contributed by atoms with Gasteiger partial charge in [-0.15, -0.1) is 0 Å². The van der Waals surface area contributed by atoms with E-state index in [4.69, 9.17) is 0 Å². The second kappa shape index (κ2) is 35.6. The van der Waals surface area contributed by atoms with E-state index in [1.807, 2.05) is 61.5 Å². The van der Waals surface area contributed by atoms with Gasteiger partial charge >= 0.3 is 0 Å². The molecule has 1 aliphatic rings. The number of aliphatic hydroxyl groups is 1. The first-order chi connectivity index (χ1) is 39.7. The van der Waals surface area contributed by atoms with Crippen molar-refractivity contribution in [1.29, 1.82) is 0 Å². The third-order valence-corrected chi connectivity index (χ3v) is 16.7. The van der Waals surface area contributed by atoms with Crippen molar-refractivity contribution < 1.29 is 57.8 Å². The Hall–Kier alpha value is -6.13. The topological polar surface area (TPSA) is 279 Å². The zero-order chi connectivity index (χ0) is 66.7. The third kappa shape index (κ3) is 21.6. The van der Waals surface area contributed by atoms with Crippen LogP contribution in [0.1, 0.15) is 163 Å². The highest BCUT2D eigenvalue weighted by molar-refractivity contribution is 5.99. The fourth-order valence-corrected chi connectivity index (χ4v) is 10.8. The first-order valence-corrected chi connectivity index (χ1v) is 31.1. The molecule has 1 unspecified atom stereocenters. The van der Waals surface area contributed by atoms with Crippen LogP contribution in [0.5, 0.6) is 0 Å². The van der Waals surface area contributed by atoms with E-state index in [1.54, 1.807) is 54.5 Å². The van der Waals surface area contributed by atoms with Gasteiger partial charge in [-0.2, -0.15) is 0 Å². The molecule has 1 aliphatic heterocycles. The minimum atomic E-state index is -1.61. The number of nitrogens with one attached hydrogen (secondary N) is 4. The molecule has 0 bridgehead atoms. The van der Waals surface area contributed by atoms with E-state index in [-0.39, 0.29) is 55.8 Å². The van der Waals surface area contributed by atoms with Gasteiger partial charge in [-0.3, -0.25) is 52.7 Å². The van der Waals surface area contributed by atoms with Crippen LogP contribution < -0.4 is 21.3 Å². The van der Waals surface area contributed by atoms with Gasteiger partial charge in [-0.1, -0.05) is 116 Å².